The van der Waals surface area contributed by atoms with Gasteiger partial charge < -0.3 is 25.5 Å². The first-order chi connectivity index (χ1) is 19.1. The van der Waals surface area contributed by atoms with Crippen molar-refractivity contribution in [2.45, 2.75) is 76.7 Å². The van der Waals surface area contributed by atoms with Crippen LogP contribution in [0.1, 0.15) is 67.1 Å². The summed E-state index contributed by atoms with van der Waals surface area (Å²) in [5.41, 5.74) is 1.99. The van der Waals surface area contributed by atoms with E-state index in [4.69, 9.17) is 4.74 Å². The van der Waals surface area contributed by atoms with E-state index in [0.717, 1.165) is 12.8 Å². The van der Waals surface area contributed by atoms with Crippen LogP contribution in [-0.4, -0.2) is 62.8 Å². The highest BCUT2D eigenvalue weighted by Crippen LogP contribution is 2.38. The van der Waals surface area contributed by atoms with Gasteiger partial charge in [0, 0.05) is 29.3 Å². The predicted octanol–water partition coefficient (Wildman–Crippen LogP) is 4.15. The normalized spacial score (nSPS) is 21.8. The number of alkyl halides is 3. The van der Waals surface area contributed by atoms with E-state index in [2.05, 4.69) is 25.6 Å². The number of carbonyl (C=O) groups excluding carboxylic acids is 2. The SMILES string of the molecule is Cc1[nH]c2c(-c3cc(C(F)F)ccc3OCC3CC3)ncnc2c1C(=O)N[C@@H]1CC[C@@H](NC(=O)[C@H](C)O)[C@H](F)C1. The molecule has 2 aromatic heterocycles. The standard InChI is InChI=1S/C28H32F3N5O4/c1-13-22(28(39)35-17-6-7-20(19(29)10-17)36-27(38)14(2)37)24-25(34-13)23(32-12-33-24)18-9-16(26(30)31)5-8-21(18)40-11-15-3-4-15/h5,8-9,12,14-15,17,19-20,26,34,37H,3-4,6-7,10-11H2,1-2H3,(H,35,39)(H,36,38)/t14-,17+,19+,20+/m0/s1. The molecular formula is C28H32F3N5O4. The molecule has 0 aliphatic heterocycles. The van der Waals surface area contributed by atoms with Gasteiger partial charge in [-0.2, -0.15) is 0 Å². The zero-order valence-corrected chi connectivity index (χ0v) is 22.2. The van der Waals surface area contributed by atoms with Crippen LogP contribution in [0.2, 0.25) is 0 Å². The number of aliphatic hydroxyl groups excluding tert-OH is 1. The Morgan fingerprint density at radius 2 is 1.95 bits per heavy atom. The van der Waals surface area contributed by atoms with Crippen molar-refractivity contribution in [3.8, 4) is 17.0 Å². The summed E-state index contributed by atoms with van der Waals surface area (Å²) in [4.78, 5) is 36.9. The highest BCUT2D eigenvalue weighted by molar-refractivity contribution is 6.09. The first kappa shape index (κ1) is 27.9. The Morgan fingerprint density at radius 3 is 2.62 bits per heavy atom. The molecule has 2 fully saturated rings. The highest BCUT2D eigenvalue weighted by atomic mass is 19.3. The third-order valence-electron chi connectivity index (χ3n) is 7.50. The second-order valence-electron chi connectivity index (χ2n) is 10.7. The maximum Gasteiger partial charge on any atom is 0.263 e. The number of benzene rings is 1. The molecule has 0 saturated heterocycles. The number of hydrogen-bond acceptors (Lipinski definition) is 6. The van der Waals surface area contributed by atoms with Gasteiger partial charge in [0.25, 0.3) is 12.3 Å². The lowest BCUT2D eigenvalue weighted by molar-refractivity contribution is -0.130. The molecule has 0 radical (unpaired) electrons. The van der Waals surface area contributed by atoms with Gasteiger partial charge in [0.2, 0.25) is 5.91 Å². The Labute approximate surface area is 228 Å². The molecule has 2 saturated carbocycles. The van der Waals surface area contributed by atoms with Crippen molar-refractivity contribution in [1.29, 1.82) is 0 Å². The summed E-state index contributed by atoms with van der Waals surface area (Å²) in [6.45, 7) is 3.48. The van der Waals surface area contributed by atoms with E-state index in [1.807, 2.05) is 0 Å². The maximum absolute atomic E-state index is 14.8. The van der Waals surface area contributed by atoms with E-state index in [-0.39, 0.29) is 17.5 Å². The number of fused-ring (bicyclic) bond motifs is 1. The number of rotatable bonds is 9. The number of aliphatic hydroxyl groups is 1. The van der Waals surface area contributed by atoms with Crippen molar-refractivity contribution in [1.82, 2.24) is 25.6 Å². The van der Waals surface area contributed by atoms with Crippen LogP contribution in [0.25, 0.3) is 22.3 Å². The molecule has 5 rings (SSSR count). The van der Waals surface area contributed by atoms with Crippen LogP contribution in [0, 0.1) is 12.8 Å². The summed E-state index contributed by atoms with van der Waals surface area (Å²) in [5, 5.41) is 14.8. The maximum atomic E-state index is 14.8. The minimum Gasteiger partial charge on any atom is -0.493 e. The largest absolute Gasteiger partial charge is 0.493 e. The summed E-state index contributed by atoms with van der Waals surface area (Å²) in [5.74, 6) is -0.226. The molecule has 3 aromatic rings. The number of aromatic amines is 1. The van der Waals surface area contributed by atoms with Gasteiger partial charge in [-0.05, 0) is 63.6 Å². The summed E-state index contributed by atoms with van der Waals surface area (Å²) < 4.78 is 47.9. The van der Waals surface area contributed by atoms with Gasteiger partial charge in [0.1, 0.15) is 35.6 Å². The van der Waals surface area contributed by atoms with Gasteiger partial charge in [-0.15, -0.1) is 0 Å². The van der Waals surface area contributed by atoms with E-state index in [9.17, 15) is 27.9 Å². The van der Waals surface area contributed by atoms with Gasteiger partial charge in [-0.25, -0.2) is 23.1 Å². The number of ether oxygens (including phenoxy) is 1. The molecule has 4 N–H and O–H groups in total. The van der Waals surface area contributed by atoms with Crippen LogP contribution >= 0.6 is 0 Å². The fraction of sp³-hybridized carbons (Fsp3) is 0.500. The Bertz CT molecular complexity index is 1410. The molecule has 2 amide bonds. The van der Waals surface area contributed by atoms with Gasteiger partial charge in [-0.1, -0.05) is 0 Å². The lowest BCUT2D eigenvalue weighted by Crippen LogP contribution is -2.51. The predicted molar refractivity (Wildman–Crippen MR) is 141 cm³/mol. The molecule has 9 nitrogen and oxygen atoms in total. The van der Waals surface area contributed by atoms with Gasteiger partial charge in [0.15, 0.2) is 0 Å². The number of aromatic nitrogens is 3. The van der Waals surface area contributed by atoms with Crippen LogP contribution in [0.15, 0.2) is 24.5 Å². The van der Waals surface area contributed by atoms with Gasteiger partial charge in [-0.3, -0.25) is 9.59 Å². The molecule has 40 heavy (non-hydrogen) atoms. The minimum atomic E-state index is -2.69. The molecule has 0 unspecified atom stereocenters. The van der Waals surface area contributed by atoms with Crippen molar-refractivity contribution in [3.63, 3.8) is 0 Å². The zero-order chi connectivity index (χ0) is 28.6. The fourth-order valence-electron chi connectivity index (χ4n) is 5.06. The molecular weight excluding hydrogens is 527 g/mol. The zero-order valence-electron chi connectivity index (χ0n) is 22.2. The van der Waals surface area contributed by atoms with Crippen LogP contribution in [0.4, 0.5) is 13.2 Å². The molecule has 0 bridgehead atoms. The van der Waals surface area contributed by atoms with Crippen LogP contribution < -0.4 is 15.4 Å². The quantitative estimate of drug-likeness (QED) is 0.312. The van der Waals surface area contributed by atoms with E-state index in [0.29, 0.717) is 59.1 Å². The number of halogens is 3. The Hall–Kier alpha value is -3.67. The molecule has 2 heterocycles. The first-order valence-electron chi connectivity index (χ1n) is 13.4. The average molecular weight is 560 g/mol. The Balaban J connectivity index is 1.39. The summed E-state index contributed by atoms with van der Waals surface area (Å²) in [6, 6.07) is 2.99. The summed E-state index contributed by atoms with van der Waals surface area (Å²) in [6.07, 6.45) is -1.18. The molecule has 1 aromatic carbocycles. The second kappa shape index (κ2) is 11.4. The Morgan fingerprint density at radius 1 is 1.18 bits per heavy atom. The highest BCUT2D eigenvalue weighted by Gasteiger charge is 2.34. The summed E-state index contributed by atoms with van der Waals surface area (Å²) in [7, 11) is 0. The van der Waals surface area contributed by atoms with E-state index in [1.54, 1.807) is 6.92 Å². The van der Waals surface area contributed by atoms with Crippen molar-refractivity contribution in [3.05, 3.63) is 41.3 Å². The number of carbonyl (C=O) groups is 2. The van der Waals surface area contributed by atoms with Crippen LogP contribution in [0.3, 0.4) is 0 Å². The number of amides is 2. The van der Waals surface area contributed by atoms with E-state index >= 15 is 0 Å². The number of H-pyrrole nitrogens is 1. The van der Waals surface area contributed by atoms with Crippen LogP contribution in [-0.2, 0) is 4.79 Å². The molecule has 2 aliphatic rings. The molecule has 214 valence electrons. The number of hydrogen-bond donors (Lipinski definition) is 4. The van der Waals surface area contributed by atoms with Crippen molar-refractivity contribution in [2.75, 3.05) is 6.61 Å². The average Bonchev–Trinajstić information content (AvgIpc) is 3.68. The van der Waals surface area contributed by atoms with Crippen molar-refractivity contribution < 1.29 is 32.6 Å². The smallest absolute Gasteiger partial charge is 0.263 e. The van der Waals surface area contributed by atoms with Crippen molar-refractivity contribution in [2.24, 2.45) is 5.92 Å². The molecule has 0 spiro atoms. The first-order valence-corrected chi connectivity index (χ1v) is 13.4. The van der Waals surface area contributed by atoms with E-state index in [1.165, 1.54) is 31.5 Å². The number of nitrogens with zero attached hydrogens (tertiary/aromatic N) is 2. The lowest BCUT2D eigenvalue weighted by atomic mass is 9.89. The summed E-state index contributed by atoms with van der Waals surface area (Å²) >= 11 is 0. The third-order valence-corrected chi connectivity index (χ3v) is 7.50. The number of nitrogens with one attached hydrogen (secondary N) is 3. The molecule has 2 aliphatic carbocycles. The molecule has 12 heteroatoms. The topological polar surface area (TPSA) is 129 Å². The monoisotopic (exact) mass is 559 g/mol. The van der Waals surface area contributed by atoms with E-state index < -0.39 is 42.6 Å². The third kappa shape index (κ3) is 5.91. The fourth-order valence-corrected chi connectivity index (χ4v) is 5.06. The molecule has 4 atom stereocenters. The lowest BCUT2D eigenvalue weighted by Gasteiger charge is -2.32. The van der Waals surface area contributed by atoms with Crippen LogP contribution in [0.5, 0.6) is 5.75 Å². The second-order valence-corrected chi connectivity index (χ2v) is 10.7. The Kier molecular flexibility index (Phi) is 7.97. The number of aryl methyl sites for hydroxylation is 1. The van der Waals surface area contributed by atoms with Crippen molar-refractivity contribution >= 4 is 22.8 Å². The minimum absolute atomic E-state index is 0.000245. The van der Waals surface area contributed by atoms with Gasteiger partial charge >= 0.3 is 0 Å². The van der Waals surface area contributed by atoms with Gasteiger partial charge in [0.05, 0.1) is 23.7 Å².